The highest BCUT2D eigenvalue weighted by Gasteiger charge is 2.04. The molecule has 0 bridgehead atoms. The Morgan fingerprint density at radius 1 is 1.00 bits per heavy atom. The lowest BCUT2D eigenvalue weighted by molar-refractivity contribution is 1.34. The van der Waals surface area contributed by atoms with E-state index in [1.807, 2.05) is 30.3 Å². The number of imidazole rings is 1. The number of aromatic nitrogens is 2. The van der Waals surface area contributed by atoms with Gasteiger partial charge < -0.3 is 16.5 Å². The number of benzene rings is 2. The molecule has 5 N–H and O–H groups in total. The van der Waals surface area contributed by atoms with Gasteiger partial charge in [0.2, 0.25) is 0 Å². The Balaban J connectivity index is 2.19. The molecule has 4 heteroatoms. The molecular weight excluding hydrogens is 212 g/mol. The number of aromatic amines is 1. The predicted molar refractivity (Wildman–Crippen MR) is 70.4 cm³/mol. The van der Waals surface area contributed by atoms with Crippen LogP contribution in [0.1, 0.15) is 0 Å². The van der Waals surface area contributed by atoms with Crippen molar-refractivity contribution in [2.75, 3.05) is 11.5 Å². The van der Waals surface area contributed by atoms with E-state index >= 15 is 0 Å². The van der Waals surface area contributed by atoms with E-state index < -0.39 is 0 Å². The lowest BCUT2D eigenvalue weighted by Crippen LogP contribution is -1.93. The van der Waals surface area contributed by atoms with Crippen LogP contribution in [0, 0.1) is 0 Å². The molecule has 0 unspecified atom stereocenters. The second-order valence-electron chi connectivity index (χ2n) is 3.98. The highest BCUT2D eigenvalue weighted by molar-refractivity contribution is 5.86. The Labute approximate surface area is 98.3 Å². The molecule has 0 radical (unpaired) electrons. The average molecular weight is 224 g/mol. The topological polar surface area (TPSA) is 80.7 Å². The fourth-order valence-corrected chi connectivity index (χ4v) is 1.95. The van der Waals surface area contributed by atoms with Gasteiger partial charge in [-0.25, -0.2) is 4.98 Å². The van der Waals surface area contributed by atoms with E-state index in [1.54, 1.807) is 12.4 Å². The molecule has 3 rings (SSSR count). The van der Waals surface area contributed by atoms with E-state index in [0.29, 0.717) is 11.4 Å². The molecule has 84 valence electrons. The summed E-state index contributed by atoms with van der Waals surface area (Å²) in [5.74, 6) is 0. The molecule has 0 aliphatic carbocycles. The summed E-state index contributed by atoms with van der Waals surface area (Å²) in [7, 11) is 0. The predicted octanol–water partition coefficient (Wildman–Crippen LogP) is 2.39. The molecule has 0 atom stereocenters. The molecule has 1 heterocycles. The fraction of sp³-hybridized carbons (Fsp3) is 0. The van der Waals surface area contributed by atoms with Gasteiger partial charge in [-0.3, -0.25) is 0 Å². The van der Waals surface area contributed by atoms with Crippen LogP contribution in [0.4, 0.5) is 11.4 Å². The van der Waals surface area contributed by atoms with Gasteiger partial charge in [-0.2, -0.15) is 0 Å². The van der Waals surface area contributed by atoms with E-state index in [1.165, 1.54) is 0 Å². The number of fused-ring (bicyclic) bond motifs is 1. The first-order chi connectivity index (χ1) is 8.24. The van der Waals surface area contributed by atoms with Crippen LogP contribution in [-0.4, -0.2) is 9.97 Å². The normalized spacial score (nSPS) is 10.8. The number of nitrogens with one attached hydrogen (secondary N) is 1. The minimum absolute atomic E-state index is 0.675. The van der Waals surface area contributed by atoms with Crippen LogP contribution in [0.5, 0.6) is 0 Å². The number of H-pyrrole nitrogens is 1. The zero-order valence-electron chi connectivity index (χ0n) is 9.14. The standard InChI is InChI=1S/C13H12N4/c14-9-2-3-10(11(15)6-9)8-1-4-12-13(5-8)17-7-16-12/h1-7H,14-15H2,(H,16,17). The number of nitrogens with zero attached hydrogens (tertiary/aromatic N) is 1. The van der Waals surface area contributed by atoms with E-state index in [-0.39, 0.29) is 0 Å². The second-order valence-corrected chi connectivity index (χ2v) is 3.98. The van der Waals surface area contributed by atoms with Crippen molar-refractivity contribution >= 4 is 22.4 Å². The van der Waals surface area contributed by atoms with Crippen LogP contribution in [-0.2, 0) is 0 Å². The van der Waals surface area contributed by atoms with Gasteiger partial charge in [-0.1, -0.05) is 12.1 Å². The summed E-state index contributed by atoms with van der Waals surface area (Å²) >= 11 is 0. The molecule has 0 spiro atoms. The summed E-state index contributed by atoms with van der Waals surface area (Å²) in [6, 6.07) is 11.6. The summed E-state index contributed by atoms with van der Waals surface area (Å²) in [6.45, 7) is 0. The van der Waals surface area contributed by atoms with Crippen molar-refractivity contribution in [3.63, 3.8) is 0 Å². The van der Waals surface area contributed by atoms with Crippen molar-refractivity contribution in [1.29, 1.82) is 0 Å². The Morgan fingerprint density at radius 3 is 2.71 bits per heavy atom. The minimum Gasteiger partial charge on any atom is -0.399 e. The minimum atomic E-state index is 0.675. The second kappa shape index (κ2) is 3.52. The van der Waals surface area contributed by atoms with E-state index in [4.69, 9.17) is 11.5 Å². The molecule has 0 amide bonds. The van der Waals surface area contributed by atoms with Gasteiger partial charge in [0.1, 0.15) is 0 Å². The van der Waals surface area contributed by atoms with Crippen molar-refractivity contribution in [3.8, 4) is 11.1 Å². The maximum Gasteiger partial charge on any atom is 0.0931 e. The van der Waals surface area contributed by atoms with Crippen LogP contribution in [0.3, 0.4) is 0 Å². The van der Waals surface area contributed by atoms with Gasteiger partial charge >= 0.3 is 0 Å². The Morgan fingerprint density at radius 2 is 1.88 bits per heavy atom. The molecule has 0 fully saturated rings. The summed E-state index contributed by atoms with van der Waals surface area (Å²) in [5.41, 5.74) is 17.0. The monoisotopic (exact) mass is 224 g/mol. The van der Waals surface area contributed by atoms with Gasteiger partial charge in [0, 0.05) is 16.9 Å². The molecule has 0 saturated heterocycles. The van der Waals surface area contributed by atoms with Crippen molar-refractivity contribution < 1.29 is 0 Å². The summed E-state index contributed by atoms with van der Waals surface area (Å²) < 4.78 is 0. The lowest BCUT2D eigenvalue weighted by Gasteiger charge is -2.06. The Kier molecular flexibility index (Phi) is 2.01. The van der Waals surface area contributed by atoms with Crippen LogP contribution < -0.4 is 11.5 Å². The van der Waals surface area contributed by atoms with E-state index in [0.717, 1.165) is 22.2 Å². The largest absolute Gasteiger partial charge is 0.399 e. The number of rotatable bonds is 1. The molecule has 0 aliphatic heterocycles. The van der Waals surface area contributed by atoms with Crippen LogP contribution in [0.15, 0.2) is 42.7 Å². The van der Waals surface area contributed by atoms with Crippen LogP contribution in [0.2, 0.25) is 0 Å². The highest BCUT2D eigenvalue weighted by atomic mass is 14.9. The third-order valence-corrected chi connectivity index (χ3v) is 2.81. The number of hydrogen-bond donors (Lipinski definition) is 3. The van der Waals surface area contributed by atoms with Gasteiger partial charge in [-0.15, -0.1) is 0 Å². The SMILES string of the molecule is Nc1ccc(-c2ccc3nc[nH]c3c2)c(N)c1. The van der Waals surface area contributed by atoms with E-state index in [9.17, 15) is 0 Å². The van der Waals surface area contributed by atoms with E-state index in [2.05, 4.69) is 9.97 Å². The zero-order chi connectivity index (χ0) is 11.8. The smallest absolute Gasteiger partial charge is 0.0931 e. The Bertz CT molecular complexity index is 685. The maximum atomic E-state index is 5.97. The molecule has 4 nitrogen and oxygen atoms in total. The van der Waals surface area contributed by atoms with Crippen molar-refractivity contribution in [2.45, 2.75) is 0 Å². The number of nitrogen functional groups attached to an aromatic ring is 2. The Hall–Kier alpha value is -2.49. The van der Waals surface area contributed by atoms with Crippen molar-refractivity contribution in [2.24, 2.45) is 0 Å². The quantitative estimate of drug-likeness (QED) is 0.555. The molecule has 17 heavy (non-hydrogen) atoms. The molecule has 2 aromatic carbocycles. The van der Waals surface area contributed by atoms with Crippen LogP contribution >= 0.6 is 0 Å². The maximum absolute atomic E-state index is 5.97. The first-order valence-electron chi connectivity index (χ1n) is 5.32. The first kappa shape index (κ1) is 9.72. The van der Waals surface area contributed by atoms with Gasteiger partial charge in [-0.05, 0) is 29.8 Å². The number of nitrogens with two attached hydrogens (primary N) is 2. The lowest BCUT2D eigenvalue weighted by atomic mass is 10.0. The molecule has 0 saturated carbocycles. The molecule has 3 aromatic rings. The van der Waals surface area contributed by atoms with Crippen molar-refractivity contribution in [3.05, 3.63) is 42.7 Å². The summed E-state index contributed by atoms with van der Waals surface area (Å²) in [4.78, 5) is 7.27. The average Bonchev–Trinajstić information content (AvgIpc) is 2.75. The summed E-state index contributed by atoms with van der Waals surface area (Å²) in [5, 5.41) is 0. The van der Waals surface area contributed by atoms with Crippen molar-refractivity contribution in [1.82, 2.24) is 9.97 Å². The highest BCUT2D eigenvalue weighted by Crippen LogP contribution is 2.29. The van der Waals surface area contributed by atoms with Crippen LogP contribution in [0.25, 0.3) is 22.2 Å². The first-order valence-corrected chi connectivity index (χ1v) is 5.32. The molecule has 1 aromatic heterocycles. The summed E-state index contributed by atoms with van der Waals surface area (Å²) in [6.07, 6.45) is 1.68. The fourth-order valence-electron chi connectivity index (χ4n) is 1.95. The number of anilines is 2. The van der Waals surface area contributed by atoms with Gasteiger partial charge in [0.25, 0.3) is 0 Å². The zero-order valence-corrected chi connectivity index (χ0v) is 9.14. The number of hydrogen-bond acceptors (Lipinski definition) is 3. The molecular formula is C13H12N4. The third kappa shape index (κ3) is 1.59. The molecule has 0 aliphatic rings. The van der Waals surface area contributed by atoms with Gasteiger partial charge in [0.15, 0.2) is 0 Å². The van der Waals surface area contributed by atoms with Gasteiger partial charge in [0.05, 0.1) is 17.4 Å². The third-order valence-electron chi connectivity index (χ3n) is 2.81.